The Hall–Kier alpha value is -1.40. The molecule has 1 aromatic heterocycles. The van der Waals surface area contributed by atoms with Crippen molar-refractivity contribution in [2.45, 2.75) is 26.4 Å². The van der Waals surface area contributed by atoms with Crippen molar-refractivity contribution in [3.8, 4) is 0 Å². The number of aryl methyl sites for hydroxylation is 1. The van der Waals surface area contributed by atoms with E-state index in [1.165, 1.54) is 0 Å². The van der Waals surface area contributed by atoms with Gasteiger partial charge in [0, 0.05) is 45.0 Å². The third kappa shape index (κ3) is 4.04. The molecule has 0 aliphatic carbocycles. The SMILES string of the molecule is CCn1ccnc1CNCCC(=O)N1CCOCC1. The molecule has 0 bridgehead atoms. The summed E-state index contributed by atoms with van der Waals surface area (Å²) in [6.45, 7) is 7.17. The molecule has 1 aromatic rings. The van der Waals surface area contributed by atoms with Crippen LogP contribution in [0.5, 0.6) is 0 Å². The van der Waals surface area contributed by atoms with Crippen LogP contribution < -0.4 is 5.32 Å². The maximum atomic E-state index is 11.9. The normalized spacial score (nSPS) is 15.7. The van der Waals surface area contributed by atoms with Gasteiger partial charge < -0.3 is 19.5 Å². The molecule has 1 aliphatic heterocycles. The van der Waals surface area contributed by atoms with Gasteiger partial charge in [-0.1, -0.05) is 0 Å². The molecule has 1 fully saturated rings. The molecule has 1 N–H and O–H groups in total. The molecule has 2 rings (SSSR count). The maximum Gasteiger partial charge on any atom is 0.224 e. The van der Waals surface area contributed by atoms with Crippen LogP contribution in [0.2, 0.25) is 0 Å². The van der Waals surface area contributed by atoms with Gasteiger partial charge in [0.25, 0.3) is 0 Å². The van der Waals surface area contributed by atoms with Crippen molar-refractivity contribution in [1.82, 2.24) is 19.8 Å². The van der Waals surface area contributed by atoms with Crippen molar-refractivity contribution in [3.63, 3.8) is 0 Å². The minimum atomic E-state index is 0.203. The lowest BCUT2D eigenvalue weighted by Crippen LogP contribution is -2.41. The van der Waals surface area contributed by atoms with Gasteiger partial charge in [0.05, 0.1) is 19.8 Å². The fourth-order valence-corrected chi connectivity index (χ4v) is 2.16. The van der Waals surface area contributed by atoms with E-state index in [9.17, 15) is 4.79 Å². The fourth-order valence-electron chi connectivity index (χ4n) is 2.16. The second-order valence-electron chi connectivity index (χ2n) is 4.55. The Morgan fingerprint density at radius 1 is 1.47 bits per heavy atom. The highest BCUT2D eigenvalue weighted by atomic mass is 16.5. The number of aromatic nitrogens is 2. The van der Waals surface area contributed by atoms with Crippen LogP contribution in [0.3, 0.4) is 0 Å². The summed E-state index contributed by atoms with van der Waals surface area (Å²) in [5, 5.41) is 3.27. The Morgan fingerprint density at radius 2 is 2.26 bits per heavy atom. The zero-order valence-corrected chi connectivity index (χ0v) is 11.5. The van der Waals surface area contributed by atoms with E-state index in [0.717, 1.165) is 25.5 Å². The zero-order chi connectivity index (χ0) is 13.5. The van der Waals surface area contributed by atoms with E-state index >= 15 is 0 Å². The van der Waals surface area contributed by atoms with Gasteiger partial charge in [-0.05, 0) is 6.92 Å². The van der Waals surface area contributed by atoms with Crippen LogP contribution in [0.4, 0.5) is 0 Å². The molecule has 0 unspecified atom stereocenters. The topological polar surface area (TPSA) is 59.4 Å². The molecule has 6 nitrogen and oxygen atoms in total. The lowest BCUT2D eigenvalue weighted by molar-refractivity contribution is -0.135. The Balaban J connectivity index is 1.65. The van der Waals surface area contributed by atoms with E-state index in [2.05, 4.69) is 21.8 Å². The number of carbonyl (C=O) groups excluding carboxylic acids is 1. The molecule has 0 radical (unpaired) electrons. The van der Waals surface area contributed by atoms with Gasteiger partial charge in [0.15, 0.2) is 0 Å². The van der Waals surface area contributed by atoms with Gasteiger partial charge in [0.2, 0.25) is 5.91 Å². The summed E-state index contributed by atoms with van der Waals surface area (Å²) in [5.74, 6) is 1.22. The van der Waals surface area contributed by atoms with E-state index in [0.29, 0.717) is 32.7 Å². The summed E-state index contributed by atoms with van der Waals surface area (Å²) < 4.78 is 7.32. The van der Waals surface area contributed by atoms with Gasteiger partial charge in [-0.3, -0.25) is 4.79 Å². The van der Waals surface area contributed by atoms with Crippen LogP contribution in [-0.2, 0) is 22.6 Å². The number of carbonyl (C=O) groups is 1. The van der Waals surface area contributed by atoms with Crippen LogP contribution in [0, 0.1) is 0 Å². The molecule has 1 aliphatic rings. The minimum absolute atomic E-state index is 0.203. The van der Waals surface area contributed by atoms with Crippen LogP contribution in [0.1, 0.15) is 19.2 Å². The standard InChI is InChI=1S/C13H22N4O2/c1-2-16-6-5-15-12(16)11-14-4-3-13(18)17-7-9-19-10-8-17/h5-6,14H,2-4,7-11H2,1H3. The summed E-state index contributed by atoms with van der Waals surface area (Å²) in [6, 6.07) is 0. The Bertz CT molecular complexity index is 399. The molecular formula is C13H22N4O2. The Labute approximate surface area is 113 Å². The summed E-state index contributed by atoms with van der Waals surface area (Å²) in [7, 11) is 0. The van der Waals surface area contributed by atoms with Crippen LogP contribution in [-0.4, -0.2) is 53.2 Å². The van der Waals surface area contributed by atoms with E-state index in [1.807, 2.05) is 11.1 Å². The van der Waals surface area contributed by atoms with Gasteiger partial charge >= 0.3 is 0 Å². The van der Waals surface area contributed by atoms with Crippen molar-refractivity contribution in [3.05, 3.63) is 18.2 Å². The lowest BCUT2D eigenvalue weighted by atomic mass is 10.3. The first-order valence-corrected chi connectivity index (χ1v) is 6.87. The van der Waals surface area contributed by atoms with Crippen molar-refractivity contribution in [2.75, 3.05) is 32.8 Å². The number of amides is 1. The van der Waals surface area contributed by atoms with E-state index in [1.54, 1.807) is 6.20 Å². The summed E-state index contributed by atoms with van der Waals surface area (Å²) in [5.41, 5.74) is 0. The molecular weight excluding hydrogens is 244 g/mol. The summed E-state index contributed by atoms with van der Waals surface area (Å²) in [6.07, 6.45) is 4.31. The number of morpholine rings is 1. The number of hydrogen-bond acceptors (Lipinski definition) is 4. The third-order valence-electron chi connectivity index (χ3n) is 3.30. The molecule has 0 saturated carbocycles. The second-order valence-corrected chi connectivity index (χ2v) is 4.55. The number of rotatable bonds is 6. The highest BCUT2D eigenvalue weighted by Gasteiger charge is 2.15. The van der Waals surface area contributed by atoms with Crippen LogP contribution >= 0.6 is 0 Å². The van der Waals surface area contributed by atoms with E-state index in [4.69, 9.17) is 4.74 Å². The summed E-state index contributed by atoms with van der Waals surface area (Å²) in [4.78, 5) is 18.0. The van der Waals surface area contributed by atoms with Gasteiger partial charge in [-0.25, -0.2) is 4.98 Å². The first kappa shape index (κ1) is 14.0. The van der Waals surface area contributed by atoms with Crippen LogP contribution in [0.15, 0.2) is 12.4 Å². The largest absolute Gasteiger partial charge is 0.378 e. The maximum absolute atomic E-state index is 11.9. The minimum Gasteiger partial charge on any atom is -0.378 e. The molecule has 106 valence electrons. The van der Waals surface area contributed by atoms with Crippen molar-refractivity contribution < 1.29 is 9.53 Å². The predicted octanol–water partition coefficient (Wildman–Crippen LogP) is 0.242. The molecule has 6 heteroatoms. The zero-order valence-electron chi connectivity index (χ0n) is 11.5. The van der Waals surface area contributed by atoms with Gasteiger partial charge in [0.1, 0.15) is 5.82 Å². The lowest BCUT2D eigenvalue weighted by Gasteiger charge is -2.26. The second kappa shape index (κ2) is 7.25. The number of nitrogens with one attached hydrogen (secondary N) is 1. The monoisotopic (exact) mass is 266 g/mol. The van der Waals surface area contributed by atoms with Crippen molar-refractivity contribution in [1.29, 1.82) is 0 Å². The third-order valence-corrected chi connectivity index (χ3v) is 3.30. The smallest absolute Gasteiger partial charge is 0.224 e. The van der Waals surface area contributed by atoms with E-state index < -0.39 is 0 Å². The van der Waals surface area contributed by atoms with E-state index in [-0.39, 0.29) is 5.91 Å². The quantitative estimate of drug-likeness (QED) is 0.749. The number of hydrogen-bond donors (Lipinski definition) is 1. The molecule has 0 aromatic carbocycles. The van der Waals surface area contributed by atoms with Crippen molar-refractivity contribution in [2.24, 2.45) is 0 Å². The number of imidazole rings is 1. The predicted molar refractivity (Wildman–Crippen MR) is 71.6 cm³/mol. The number of nitrogens with zero attached hydrogens (tertiary/aromatic N) is 3. The highest BCUT2D eigenvalue weighted by molar-refractivity contribution is 5.76. The Morgan fingerprint density at radius 3 is 3.00 bits per heavy atom. The molecule has 0 atom stereocenters. The average molecular weight is 266 g/mol. The number of ether oxygens (including phenoxy) is 1. The molecule has 2 heterocycles. The van der Waals surface area contributed by atoms with Gasteiger partial charge in [-0.15, -0.1) is 0 Å². The molecule has 19 heavy (non-hydrogen) atoms. The molecule has 1 amide bonds. The highest BCUT2D eigenvalue weighted by Crippen LogP contribution is 2.00. The average Bonchev–Trinajstić information content (AvgIpc) is 2.91. The molecule has 1 saturated heterocycles. The first-order chi connectivity index (χ1) is 9.31. The van der Waals surface area contributed by atoms with Gasteiger partial charge in [-0.2, -0.15) is 0 Å². The summed E-state index contributed by atoms with van der Waals surface area (Å²) >= 11 is 0. The van der Waals surface area contributed by atoms with Crippen LogP contribution in [0.25, 0.3) is 0 Å². The Kier molecular flexibility index (Phi) is 5.35. The fraction of sp³-hybridized carbons (Fsp3) is 0.692. The van der Waals surface area contributed by atoms with Crippen molar-refractivity contribution >= 4 is 5.91 Å². The molecule has 0 spiro atoms. The first-order valence-electron chi connectivity index (χ1n) is 6.87.